The van der Waals surface area contributed by atoms with Gasteiger partial charge in [0.05, 0.1) is 11.7 Å². The zero-order valence-corrected chi connectivity index (χ0v) is 14.0. The van der Waals surface area contributed by atoms with Gasteiger partial charge in [0.15, 0.2) is 0 Å². The molecule has 4 nitrogen and oxygen atoms in total. The molecule has 4 heteroatoms. The van der Waals surface area contributed by atoms with Gasteiger partial charge >= 0.3 is 0 Å². The van der Waals surface area contributed by atoms with Crippen LogP contribution in [0.5, 0.6) is 0 Å². The van der Waals surface area contributed by atoms with E-state index in [1.807, 2.05) is 25.8 Å². The Morgan fingerprint density at radius 3 is 2.41 bits per heavy atom. The van der Waals surface area contributed by atoms with Crippen LogP contribution >= 0.6 is 0 Å². The molecule has 0 aliphatic carbocycles. The standard InChI is InChI=1S/C18H24N2O2/c1-12-6-8-16(9-7-12)14(3)20(5)18(21)11-10-17-13(2)19-22-15(17)4/h6-9,14H,10-11H2,1-5H3. The molecule has 1 unspecified atom stereocenters. The molecule has 0 spiro atoms. The van der Waals surface area contributed by atoms with Crippen molar-refractivity contribution in [2.75, 3.05) is 7.05 Å². The first-order valence-corrected chi connectivity index (χ1v) is 7.64. The third kappa shape index (κ3) is 3.56. The van der Waals surface area contributed by atoms with Crippen molar-refractivity contribution in [2.24, 2.45) is 0 Å². The molecular weight excluding hydrogens is 276 g/mol. The van der Waals surface area contributed by atoms with Crippen LogP contribution in [0.25, 0.3) is 0 Å². The molecule has 2 rings (SSSR count). The number of hydrogen-bond acceptors (Lipinski definition) is 3. The fourth-order valence-electron chi connectivity index (χ4n) is 2.55. The Balaban J connectivity index is 1.98. The Bertz CT molecular complexity index is 624. The average Bonchev–Trinajstić information content (AvgIpc) is 2.83. The highest BCUT2D eigenvalue weighted by Gasteiger charge is 2.18. The molecule has 0 saturated carbocycles. The first kappa shape index (κ1) is 16.3. The van der Waals surface area contributed by atoms with Crippen molar-refractivity contribution in [3.05, 3.63) is 52.4 Å². The number of hydrogen-bond donors (Lipinski definition) is 0. The number of rotatable bonds is 5. The van der Waals surface area contributed by atoms with Gasteiger partial charge in [0.25, 0.3) is 0 Å². The van der Waals surface area contributed by atoms with Gasteiger partial charge in [-0.3, -0.25) is 4.79 Å². The second-order valence-electron chi connectivity index (χ2n) is 5.89. The summed E-state index contributed by atoms with van der Waals surface area (Å²) in [6.45, 7) is 7.92. The number of amides is 1. The van der Waals surface area contributed by atoms with Crippen molar-refractivity contribution in [1.29, 1.82) is 0 Å². The number of carbonyl (C=O) groups is 1. The van der Waals surface area contributed by atoms with Gasteiger partial charge < -0.3 is 9.42 Å². The van der Waals surface area contributed by atoms with E-state index in [4.69, 9.17) is 4.52 Å². The van der Waals surface area contributed by atoms with Gasteiger partial charge in [0.1, 0.15) is 5.76 Å². The maximum Gasteiger partial charge on any atom is 0.223 e. The Labute approximate surface area is 132 Å². The summed E-state index contributed by atoms with van der Waals surface area (Å²) in [7, 11) is 1.86. The van der Waals surface area contributed by atoms with Gasteiger partial charge in [0.2, 0.25) is 5.91 Å². The van der Waals surface area contributed by atoms with Gasteiger partial charge in [-0.05, 0) is 39.7 Å². The van der Waals surface area contributed by atoms with E-state index in [1.54, 1.807) is 0 Å². The highest BCUT2D eigenvalue weighted by atomic mass is 16.5. The van der Waals surface area contributed by atoms with Crippen LogP contribution in [0.2, 0.25) is 0 Å². The first-order chi connectivity index (χ1) is 10.4. The quantitative estimate of drug-likeness (QED) is 0.844. The van der Waals surface area contributed by atoms with Gasteiger partial charge in [0, 0.05) is 19.0 Å². The van der Waals surface area contributed by atoms with Crippen molar-refractivity contribution < 1.29 is 9.32 Å². The molecule has 2 aromatic rings. The minimum absolute atomic E-state index is 0.0674. The summed E-state index contributed by atoms with van der Waals surface area (Å²) >= 11 is 0. The summed E-state index contributed by atoms with van der Waals surface area (Å²) < 4.78 is 5.14. The van der Waals surface area contributed by atoms with E-state index in [0.717, 1.165) is 22.6 Å². The van der Waals surface area contributed by atoms with Crippen molar-refractivity contribution in [2.45, 2.75) is 46.6 Å². The summed E-state index contributed by atoms with van der Waals surface area (Å²) in [5, 5.41) is 3.93. The van der Waals surface area contributed by atoms with Gasteiger partial charge in [-0.25, -0.2) is 0 Å². The Kier molecular flexibility index (Phi) is 5.01. The minimum Gasteiger partial charge on any atom is -0.361 e. The van der Waals surface area contributed by atoms with Gasteiger partial charge in [-0.1, -0.05) is 35.0 Å². The van der Waals surface area contributed by atoms with Crippen LogP contribution < -0.4 is 0 Å². The Hall–Kier alpha value is -2.10. The summed E-state index contributed by atoms with van der Waals surface area (Å²) in [6, 6.07) is 8.39. The maximum absolute atomic E-state index is 12.4. The van der Waals surface area contributed by atoms with E-state index in [0.29, 0.717) is 12.8 Å². The van der Waals surface area contributed by atoms with Crippen LogP contribution in [-0.4, -0.2) is 23.0 Å². The maximum atomic E-state index is 12.4. The molecule has 1 amide bonds. The van der Waals surface area contributed by atoms with E-state index >= 15 is 0 Å². The van der Waals surface area contributed by atoms with Gasteiger partial charge in [-0.15, -0.1) is 0 Å². The summed E-state index contributed by atoms with van der Waals surface area (Å²) in [6.07, 6.45) is 1.14. The predicted molar refractivity (Wildman–Crippen MR) is 86.7 cm³/mol. The highest BCUT2D eigenvalue weighted by molar-refractivity contribution is 5.76. The first-order valence-electron chi connectivity index (χ1n) is 7.64. The molecule has 0 bridgehead atoms. The van der Waals surface area contributed by atoms with E-state index in [9.17, 15) is 4.79 Å². The zero-order chi connectivity index (χ0) is 16.3. The lowest BCUT2D eigenvalue weighted by Crippen LogP contribution is -2.29. The van der Waals surface area contributed by atoms with Crippen LogP contribution in [0.3, 0.4) is 0 Å². The summed E-state index contributed by atoms with van der Waals surface area (Å²) in [5.41, 5.74) is 4.30. The lowest BCUT2D eigenvalue weighted by atomic mass is 10.0. The average molecular weight is 300 g/mol. The number of benzene rings is 1. The molecular formula is C18H24N2O2. The van der Waals surface area contributed by atoms with Crippen LogP contribution in [0, 0.1) is 20.8 Å². The van der Waals surface area contributed by atoms with Crippen LogP contribution in [0.4, 0.5) is 0 Å². The van der Waals surface area contributed by atoms with E-state index in [2.05, 4.69) is 43.3 Å². The molecule has 1 heterocycles. The second-order valence-corrected chi connectivity index (χ2v) is 5.89. The van der Waals surface area contributed by atoms with Crippen molar-refractivity contribution >= 4 is 5.91 Å². The molecule has 118 valence electrons. The number of nitrogens with zero attached hydrogens (tertiary/aromatic N) is 2. The number of aryl methyl sites for hydroxylation is 3. The molecule has 0 aliphatic rings. The Morgan fingerprint density at radius 2 is 1.86 bits per heavy atom. The molecule has 22 heavy (non-hydrogen) atoms. The van der Waals surface area contributed by atoms with Crippen LogP contribution in [0.15, 0.2) is 28.8 Å². The third-order valence-electron chi connectivity index (χ3n) is 4.30. The van der Waals surface area contributed by atoms with Crippen molar-refractivity contribution in [3.63, 3.8) is 0 Å². The lowest BCUT2D eigenvalue weighted by molar-refractivity contribution is -0.131. The van der Waals surface area contributed by atoms with Crippen molar-refractivity contribution in [3.8, 4) is 0 Å². The molecule has 1 atom stereocenters. The highest BCUT2D eigenvalue weighted by Crippen LogP contribution is 2.21. The monoisotopic (exact) mass is 300 g/mol. The predicted octanol–water partition coefficient (Wildman–Crippen LogP) is 3.75. The zero-order valence-electron chi connectivity index (χ0n) is 14.0. The SMILES string of the molecule is Cc1ccc(C(C)N(C)C(=O)CCc2c(C)noc2C)cc1. The third-order valence-corrected chi connectivity index (χ3v) is 4.30. The molecule has 1 aromatic heterocycles. The topological polar surface area (TPSA) is 46.3 Å². The summed E-state index contributed by atoms with van der Waals surface area (Å²) in [4.78, 5) is 14.2. The molecule has 1 aromatic carbocycles. The summed E-state index contributed by atoms with van der Waals surface area (Å²) in [5.74, 6) is 0.938. The lowest BCUT2D eigenvalue weighted by Gasteiger charge is -2.25. The molecule has 0 aliphatic heterocycles. The van der Waals surface area contributed by atoms with Crippen LogP contribution in [-0.2, 0) is 11.2 Å². The second kappa shape index (κ2) is 6.77. The molecule has 0 radical (unpaired) electrons. The molecule has 0 fully saturated rings. The fourth-order valence-corrected chi connectivity index (χ4v) is 2.55. The molecule has 0 N–H and O–H groups in total. The normalized spacial score (nSPS) is 12.2. The number of aromatic nitrogens is 1. The smallest absolute Gasteiger partial charge is 0.223 e. The van der Waals surface area contributed by atoms with Crippen LogP contribution in [0.1, 0.15) is 47.5 Å². The van der Waals surface area contributed by atoms with E-state index in [-0.39, 0.29) is 11.9 Å². The van der Waals surface area contributed by atoms with E-state index < -0.39 is 0 Å². The Morgan fingerprint density at radius 1 is 1.23 bits per heavy atom. The fraction of sp³-hybridized carbons (Fsp3) is 0.444. The number of carbonyl (C=O) groups excluding carboxylic acids is 1. The molecule has 0 saturated heterocycles. The minimum atomic E-state index is 0.0674. The van der Waals surface area contributed by atoms with Gasteiger partial charge in [-0.2, -0.15) is 0 Å². The van der Waals surface area contributed by atoms with Crippen molar-refractivity contribution in [1.82, 2.24) is 10.1 Å². The van der Waals surface area contributed by atoms with E-state index in [1.165, 1.54) is 5.56 Å². The largest absolute Gasteiger partial charge is 0.361 e.